The van der Waals surface area contributed by atoms with Crippen molar-refractivity contribution >= 4 is 11.7 Å². The van der Waals surface area contributed by atoms with Crippen molar-refractivity contribution in [2.45, 2.75) is 52.7 Å². The van der Waals surface area contributed by atoms with Gasteiger partial charge in [-0.25, -0.2) is 4.99 Å². The molecule has 2 atom stereocenters. The van der Waals surface area contributed by atoms with Crippen LogP contribution in [-0.4, -0.2) is 27.4 Å². The fourth-order valence-corrected chi connectivity index (χ4v) is 2.93. The minimum absolute atomic E-state index is 0.0380. The zero-order valence-electron chi connectivity index (χ0n) is 15.8. The number of hydrogen-bond acceptors (Lipinski definition) is 5. The molecular weight excluding hydrogens is 330 g/mol. The number of aliphatic hydroxyl groups excluding tert-OH is 1. The van der Waals surface area contributed by atoms with E-state index < -0.39 is 11.6 Å². The van der Waals surface area contributed by atoms with Crippen molar-refractivity contribution in [2.75, 3.05) is 0 Å². The maximum Gasteiger partial charge on any atom is 0.253 e. The Bertz CT molecular complexity index is 869. The highest BCUT2D eigenvalue weighted by Crippen LogP contribution is 2.31. The third-order valence-corrected chi connectivity index (χ3v) is 5.03. The number of aliphatic imine (C=N–C) groups is 1. The predicted molar refractivity (Wildman–Crippen MR) is 99.0 cm³/mol. The van der Waals surface area contributed by atoms with Crippen LogP contribution in [0.2, 0.25) is 0 Å². The summed E-state index contributed by atoms with van der Waals surface area (Å²) < 4.78 is 5.70. The number of aliphatic hydroxyl groups is 1. The zero-order chi connectivity index (χ0) is 19.1. The Balaban J connectivity index is 2.06. The van der Waals surface area contributed by atoms with Gasteiger partial charge >= 0.3 is 0 Å². The second kappa shape index (κ2) is 6.68. The monoisotopic (exact) mass is 355 g/mol. The fourth-order valence-electron chi connectivity index (χ4n) is 2.93. The number of carbonyl (C=O) groups excluding carboxylic acids is 1. The SMILES string of the molecule is CCc1ccc(C(O)c2cc(C)cnc2C2=NC(C)(C(C)C)C(=O)N2)o1. The Morgan fingerprint density at radius 2 is 2.08 bits per heavy atom. The third-order valence-electron chi connectivity index (χ3n) is 5.03. The number of amidine groups is 1. The molecule has 0 bridgehead atoms. The van der Waals surface area contributed by atoms with Crippen molar-refractivity contribution in [3.8, 4) is 0 Å². The molecule has 1 amide bonds. The summed E-state index contributed by atoms with van der Waals surface area (Å²) in [6.45, 7) is 9.62. The van der Waals surface area contributed by atoms with E-state index in [-0.39, 0.29) is 11.8 Å². The van der Waals surface area contributed by atoms with Gasteiger partial charge in [0.2, 0.25) is 0 Å². The van der Waals surface area contributed by atoms with Gasteiger partial charge in [0.25, 0.3) is 5.91 Å². The molecule has 0 aromatic carbocycles. The number of amides is 1. The summed E-state index contributed by atoms with van der Waals surface area (Å²) in [6.07, 6.45) is 1.47. The van der Waals surface area contributed by atoms with Crippen molar-refractivity contribution in [3.05, 3.63) is 52.7 Å². The van der Waals surface area contributed by atoms with Crippen LogP contribution in [0.3, 0.4) is 0 Å². The van der Waals surface area contributed by atoms with Gasteiger partial charge in [-0.15, -0.1) is 0 Å². The molecule has 0 saturated heterocycles. The van der Waals surface area contributed by atoms with Crippen LogP contribution in [0.5, 0.6) is 0 Å². The third kappa shape index (κ3) is 3.05. The van der Waals surface area contributed by atoms with E-state index in [1.54, 1.807) is 12.3 Å². The van der Waals surface area contributed by atoms with Crippen LogP contribution in [-0.2, 0) is 11.2 Å². The molecule has 1 aliphatic rings. The Kier molecular flexibility index (Phi) is 4.71. The van der Waals surface area contributed by atoms with E-state index in [0.717, 1.165) is 17.7 Å². The van der Waals surface area contributed by atoms with Gasteiger partial charge in [-0.05, 0) is 43.5 Å². The quantitative estimate of drug-likeness (QED) is 0.863. The van der Waals surface area contributed by atoms with Crippen LogP contribution in [0.15, 0.2) is 33.8 Å². The molecule has 138 valence electrons. The summed E-state index contributed by atoms with van der Waals surface area (Å²) in [5.41, 5.74) is 1.09. The van der Waals surface area contributed by atoms with E-state index in [0.29, 0.717) is 22.9 Å². The molecule has 2 aromatic rings. The second-order valence-corrected chi connectivity index (χ2v) is 7.23. The van der Waals surface area contributed by atoms with E-state index in [2.05, 4.69) is 15.3 Å². The first-order valence-electron chi connectivity index (χ1n) is 8.91. The molecular formula is C20H25N3O3. The van der Waals surface area contributed by atoms with Crippen LogP contribution >= 0.6 is 0 Å². The predicted octanol–water partition coefficient (Wildman–Crippen LogP) is 2.92. The van der Waals surface area contributed by atoms with Crippen LogP contribution in [0.1, 0.15) is 62.1 Å². The minimum atomic E-state index is -0.983. The van der Waals surface area contributed by atoms with Gasteiger partial charge in [0.1, 0.15) is 28.9 Å². The van der Waals surface area contributed by atoms with Crippen molar-refractivity contribution in [2.24, 2.45) is 10.9 Å². The molecule has 0 fully saturated rings. The summed E-state index contributed by atoms with van der Waals surface area (Å²) in [4.78, 5) is 21.5. The van der Waals surface area contributed by atoms with Crippen molar-refractivity contribution < 1.29 is 14.3 Å². The first-order valence-corrected chi connectivity index (χ1v) is 8.91. The number of pyridine rings is 1. The summed E-state index contributed by atoms with van der Waals surface area (Å²) in [5, 5.41) is 13.7. The Labute approximate surface area is 153 Å². The molecule has 0 saturated carbocycles. The normalized spacial score (nSPS) is 21.0. The molecule has 26 heavy (non-hydrogen) atoms. The molecule has 0 radical (unpaired) electrons. The molecule has 6 nitrogen and oxygen atoms in total. The number of aromatic nitrogens is 1. The average molecular weight is 355 g/mol. The van der Waals surface area contributed by atoms with Gasteiger partial charge in [-0.3, -0.25) is 9.78 Å². The molecule has 3 heterocycles. The molecule has 0 aliphatic carbocycles. The summed E-state index contributed by atoms with van der Waals surface area (Å²) in [5.74, 6) is 1.53. The van der Waals surface area contributed by atoms with Gasteiger partial charge in [0.15, 0.2) is 5.84 Å². The second-order valence-electron chi connectivity index (χ2n) is 7.23. The lowest BCUT2D eigenvalue weighted by molar-refractivity contribution is -0.124. The van der Waals surface area contributed by atoms with Gasteiger partial charge in [-0.1, -0.05) is 20.8 Å². The van der Waals surface area contributed by atoms with Crippen LogP contribution < -0.4 is 5.32 Å². The lowest BCUT2D eigenvalue weighted by Gasteiger charge is -2.21. The number of aryl methyl sites for hydroxylation is 2. The largest absolute Gasteiger partial charge is 0.463 e. The highest BCUT2D eigenvalue weighted by atomic mass is 16.4. The Morgan fingerprint density at radius 1 is 1.35 bits per heavy atom. The van der Waals surface area contributed by atoms with Crippen molar-refractivity contribution in [1.29, 1.82) is 0 Å². The van der Waals surface area contributed by atoms with Gasteiger partial charge < -0.3 is 14.8 Å². The molecule has 6 heteroatoms. The van der Waals surface area contributed by atoms with Crippen LogP contribution in [0.25, 0.3) is 0 Å². The van der Waals surface area contributed by atoms with E-state index in [1.807, 2.05) is 46.8 Å². The van der Waals surface area contributed by atoms with Gasteiger partial charge in [0, 0.05) is 18.2 Å². The Hall–Kier alpha value is -2.47. The molecule has 2 N–H and O–H groups in total. The molecule has 3 rings (SSSR count). The fraction of sp³-hybridized carbons (Fsp3) is 0.450. The number of nitrogens with zero attached hydrogens (tertiary/aromatic N) is 2. The lowest BCUT2D eigenvalue weighted by Crippen LogP contribution is -2.41. The highest BCUT2D eigenvalue weighted by molar-refractivity contribution is 6.15. The van der Waals surface area contributed by atoms with Crippen molar-refractivity contribution in [3.63, 3.8) is 0 Å². The molecule has 0 spiro atoms. The number of nitrogens with one attached hydrogen (secondary N) is 1. The van der Waals surface area contributed by atoms with Crippen molar-refractivity contribution in [1.82, 2.24) is 10.3 Å². The molecule has 2 aromatic heterocycles. The van der Waals surface area contributed by atoms with Gasteiger partial charge in [0.05, 0.1) is 0 Å². The maximum atomic E-state index is 12.4. The first-order chi connectivity index (χ1) is 12.3. The average Bonchev–Trinajstić information content (AvgIpc) is 3.20. The summed E-state index contributed by atoms with van der Waals surface area (Å²) >= 11 is 0. The summed E-state index contributed by atoms with van der Waals surface area (Å²) in [6, 6.07) is 5.47. The summed E-state index contributed by atoms with van der Waals surface area (Å²) in [7, 11) is 0. The van der Waals surface area contributed by atoms with Crippen LogP contribution in [0, 0.1) is 12.8 Å². The van der Waals surface area contributed by atoms with Crippen LogP contribution in [0.4, 0.5) is 0 Å². The molecule has 2 unspecified atom stereocenters. The highest BCUT2D eigenvalue weighted by Gasteiger charge is 2.43. The number of carbonyl (C=O) groups is 1. The maximum absolute atomic E-state index is 12.4. The zero-order valence-corrected chi connectivity index (χ0v) is 15.8. The molecule has 1 aliphatic heterocycles. The smallest absolute Gasteiger partial charge is 0.253 e. The van der Waals surface area contributed by atoms with E-state index in [4.69, 9.17) is 4.42 Å². The Morgan fingerprint density at radius 3 is 2.65 bits per heavy atom. The first kappa shape index (κ1) is 18.3. The van der Waals surface area contributed by atoms with E-state index in [9.17, 15) is 9.90 Å². The number of furan rings is 1. The minimum Gasteiger partial charge on any atom is -0.463 e. The topological polar surface area (TPSA) is 87.7 Å². The lowest BCUT2D eigenvalue weighted by atomic mass is 9.89. The van der Waals surface area contributed by atoms with E-state index >= 15 is 0 Å². The standard InChI is InChI=1S/C20H25N3O3/c1-6-13-7-8-15(26-13)17(24)14-9-12(4)10-21-16(14)18-22-19(25)20(5,23-18)11(2)3/h7-11,17,24H,6H2,1-5H3,(H,22,23,25). The number of rotatable bonds is 5. The number of hydrogen-bond donors (Lipinski definition) is 2. The van der Waals surface area contributed by atoms with E-state index in [1.165, 1.54) is 0 Å². The van der Waals surface area contributed by atoms with Gasteiger partial charge in [-0.2, -0.15) is 0 Å².